The van der Waals surface area contributed by atoms with Crippen molar-refractivity contribution < 1.29 is 4.79 Å². The normalized spacial score (nSPS) is 28.9. The van der Waals surface area contributed by atoms with Gasteiger partial charge in [0.1, 0.15) is 5.78 Å². The van der Waals surface area contributed by atoms with Crippen LogP contribution in [-0.4, -0.2) is 12.3 Å². The first-order valence-corrected chi connectivity index (χ1v) is 5.72. The van der Waals surface area contributed by atoms with Crippen molar-refractivity contribution in [2.24, 2.45) is 5.92 Å². The van der Waals surface area contributed by atoms with Gasteiger partial charge in [-0.1, -0.05) is 18.2 Å². The Kier molecular flexibility index (Phi) is 2.01. The summed E-state index contributed by atoms with van der Waals surface area (Å²) in [4.78, 5) is 12.0. The highest BCUT2D eigenvalue weighted by atomic mass is 16.1. The molecule has 1 N–H and O–H groups in total. The van der Waals surface area contributed by atoms with Gasteiger partial charge < -0.3 is 5.32 Å². The smallest absolute Gasteiger partial charge is 0.140 e. The van der Waals surface area contributed by atoms with Crippen LogP contribution >= 0.6 is 0 Å². The lowest BCUT2D eigenvalue weighted by Gasteiger charge is -2.36. The van der Waals surface area contributed by atoms with Crippen molar-refractivity contribution in [3.63, 3.8) is 0 Å². The predicted molar refractivity (Wildman–Crippen MR) is 60.0 cm³/mol. The predicted octanol–water partition coefficient (Wildman–Crippen LogP) is 2.56. The summed E-state index contributed by atoms with van der Waals surface area (Å²) in [5.41, 5.74) is 2.38. The quantitative estimate of drug-likeness (QED) is 0.699. The van der Waals surface area contributed by atoms with E-state index in [0.717, 1.165) is 25.1 Å². The Labute approximate surface area is 89.7 Å². The molecule has 1 aromatic rings. The zero-order valence-electron chi connectivity index (χ0n) is 8.70. The van der Waals surface area contributed by atoms with Crippen LogP contribution in [0.4, 0.5) is 5.69 Å². The third-order valence-corrected chi connectivity index (χ3v) is 3.67. The van der Waals surface area contributed by atoms with Crippen LogP contribution in [0.2, 0.25) is 0 Å². The maximum Gasteiger partial charge on any atom is 0.140 e. The van der Waals surface area contributed by atoms with Crippen molar-refractivity contribution in [1.29, 1.82) is 0 Å². The third kappa shape index (κ3) is 1.36. The van der Waals surface area contributed by atoms with Gasteiger partial charge in [0.05, 0.1) is 0 Å². The molecule has 1 fully saturated rings. The topological polar surface area (TPSA) is 29.1 Å². The van der Waals surface area contributed by atoms with Crippen molar-refractivity contribution in [3.8, 4) is 0 Å². The number of carbonyl (C=O) groups is 1. The van der Waals surface area contributed by atoms with E-state index >= 15 is 0 Å². The van der Waals surface area contributed by atoms with Crippen molar-refractivity contribution >= 4 is 11.5 Å². The van der Waals surface area contributed by atoms with E-state index in [2.05, 4.69) is 17.4 Å². The van der Waals surface area contributed by atoms with Crippen LogP contribution in [0.15, 0.2) is 24.3 Å². The lowest BCUT2D eigenvalue weighted by Crippen LogP contribution is -2.35. The van der Waals surface area contributed by atoms with Crippen LogP contribution in [0, 0.1) is 5.92 Å². The number of anilines is 1. The Balaban J connectivity index is 2.06. The number of fused-ring (bicyclic) bond motifs is 3. The molecule has 1 heterocycles. The van der Waals surface area contributed by atoms with Gasteiger partial charge in [-0.3, -0.25) is 4.79 Å². The minimum absolute atomic E-state index is 0.177. The molecule has 1 saturated carbocycles. The first-order valence-electron chi connectivity index (χ1n) is 5.72. The van der Waals surface area contributed by atoms with Crippen LogP contribution in [0.3, 0.4) is 0 Å². The molecule has 0 radical (unpaired) electrons. The molecule has 2 nitrogen and oxygen atoms in total. The van der Waals surface area contributed by atoms with E-state index in [1.165, 1.54) is 12.0 Å². The van der Waals surface area contributed by atoms with Gasteiger partial charge in [0.15, 0.2) is 0 Å². The summed E-state index contributed by atoms with van der Waals surface area (Å²) in [6, 6.07) is 8.24. The number of ketones is 1. The molecule has 0 spiro atoms. The molecule has 1 aromatic carbocycles. The standard InChI is InChI=1S/C13H15NO/c15-12-7-3-4-9-8-14-11-6-2-1-5-10(11)13(9)12/h1-2,5-6,9,13-14H,3-4,7-8H2. The summed E-state index contributed by atoms with van der Waals surface area (Å²) >= 11 is 0. The first kappa shape index (κ1) is 8.96. The number of nitrogens with one attached hydrogen (secondary N) is 1. The molecular formula is C13H15NO. The molecule has 2 atom stereocenters. The van der Waals surface area contributed by atoms with E-state index in [1.807, 2.05) is 12.1 Å². The molecule has 1 aliphatic heterocycles. The number of hydrogen-bond acceptors (Lipinski definition) is 2. The van der Waals surface area contributed by atoms with Crippen molar-refractivity contribution in [3.05, 3.63) is 29.8 Å². The Morgan fingerprint density at radius 2 is 2.13 bits per heavy atom. The third-order valence-electron chi connectivity index (χ3n) is 3.67. The SMILES string of the molecule is O=C1CCCC2CNc3ccccc3C12. The maximum atomic E-state index is 12.0. The molecule has 1 aliphatic carbocycles. The summed E-state index contributed by atoms with van der Waals surface area (Å²) in [5.74, 6) is 1.15. The summed E-state index contributed by atoms with van der Waals surface area (Å²) in [6.45, 7) is 0.966. The number of rotatable bonds is 0. The van der Waals surface area contributed by atoms with Gasteiger partial charge in [0, 0.05) is 24.6 Å². The van der Waals surface area contributed by atoms with Gasteiger partial charge >= 0.3 is 0 Å². The average molecular weight is 201 g/mol. The van der Waals surface area contributed by atoms with Crippen LogP contribution < -0.4 is 5.32 Å². The van der Waals surface area contributed by atoms with Crippen LogP contribution in [-0.2, 0) is 4.79 Å². The fourth-order valence-corrected chi connectivity index (χ4v) is 2.94. The molecule has 0 saturated heterocycles. The second-order valence-corrected chi connectivity index (χ2v) is 4.56. The van der Waals surface area contributed by atoms with Gasteiger partial charge in [-0.05, 0) is 30.4 Å². The largest absolute Gasteiger partial charge is 0.384 e. The van der Waals surface area contributed by atoms with Gasteiger partial charge in [0.25, 0.3) is 0 Å². The van der Waals surface area contributed by atoms with Gasteiger partial charge in [-0.25, -0.2) is 0 Å². The molecule has 15 heavy (non-hydrogen) atoms. The van der Waals surface area contributed by atoms with Gasteiger partial charge in [0.2, 0.25) is 0 Å². The number of benzene rings is 1. The molecule has 0 amide bonds. The number of Topliss-reactive ketones (excluding diaryl/α,β-unsaturated/α-hetero) is 1. The maximum absolute atomic E-state index is 12.0. The lowest BCUT2D eigenvalue weighted by atomic mass is 9.72. The molecular weight excluding hydrogens is 186 g/mol. The molecule has 0 bridgehead atoms. The molecule has 3 rings (SSSR count). The highest BCUT2D eigenvalue weighted by molar-refractivity contribution is 5.89. The Morgan fingerprint density at radius 1 is 1.27 bits per heavy atom. The van der Waals surface area contributed by atoms with Gasteiger partial charge in [-0.15, -0.1) is 0 Å². The Morgan fingerprint density at radius 3 is 3.07 bits per heavy atom. The Hall–Kier alpha value is -1.31. The van der Waals surface area contributed by atoms with E-state index in [4.69, 9.17) is 0 Å². The summed E-state index contributed by atoms with van der Waals surface area (Å²) in [6.07, 6.45) is 3.04. The zero-order valence-corrected chi connectivity index (χ0v) is 8.70. The summed E-state index contributed by atoms with van der Waals surface area (Å²) in [7, 11) is 0. The first-order chi connectivity index (χ1) is 7.36. The zero-order chi connectivity index (χ0) is 10.3. The van der Waals surface area contributed by atoms with Crippen LogP contribution in [0.25, 0.3) is 0 Å². The average Bonchev–Trinajstić information content (AvgIpc) is 2.29. The number of para-hydroxylation sites is 1. The van der Waals surface area contributed by atoms with Crippen LogP contribution in [0.1, 0.15) is 30.7 Å². The number of hydrogen-bond donors (Lipinski definition) is 1. The lowest BCUT2D eigenvalue weighted by molar-refractivity contribution is -0.123. The van der Waals surface area contributed by atoms with E-state index in [9.17, 15) is 4.79 Å². The van der Waals surface area contributed by atoms with E-state index < -0.39 is 0 Å². The molecule has 2 aliphatic rings. The fourth-order valence-electron chi connectivity index (χ4n) is 2.94. The second-order valence-electron chi connectivity index (χ2n) is 4.56. The van der Waals surface area contributed by atoms with E-state index in [1.54, 1.807) is 0 Å². The molecule has 0 aromatic heterocycles. The van der Waals surface area contributed by atoms with E-state index in [-0.39, 0.29) is 5.92 Å². The molecule has 78 valence electrons. The van der Waals surface area contributed by atoms with Crippen LogP contribution in [0.5, 0.6) is 0 Å². The highest BCUT2D eigenvalue weighted by Crippen LogP contribution is 2.41. The minimum Gasteiger partial charge on any atom is -0.384 e. The minimum atomic E-state index is 0.177. The molecule has 2 heteroatoms. The van der Waals surface area contributed by atoms with Gasteiger partial charge in [-0.2, -0.15) is 0 Å². The van der Waals surface area contributed by atoms with Crippen molar-refractivity contribution in [2.45, 2.75) is 25.2 Å². The van der Waals surface area contributed by atoms with E-state index in [0.29, 0.717) is 11.7 Å². The summed E-state index contributed by atoms with van der Waals surface area (Å²) in [5, 5.41) is 3.43. The monoisotopic (exact) mass is 201 g/mol. The second kappa shape index (κ2) is 3.37. The summed E-state index contributed by atoms with van der Waals surface area (Å²) < 4.78 is 0. The molecule has 2 unspecified atom stereocenters. The fraction of sp³-hybridized carbons (Fsp3) is 0.462. The number of carbonyl (C=O) groups excluding carboxylic acids is 1. The highest BCUT2D eigenvalue weighted by Gasteiger charge is 2.36. The Bertz CT molecular complexity index is 399. The van der Waals surface area contributed by atoms with Crippen molar-refractivity contribution in [1.82, 2.24) is 0 Å². The van der Waals surface area contributed by atoms with Crippen molar-refractivity contribution in [2.75, 3.05) is 11.9 Å².